The second-order valence-electron chi connectivity index (χ2n) is 5.50. The van der Waals surface area contributed by atoms with E-state index in [-0.39, 0.29) is 5.41 Å². The van der Waals surface area contributed by atoms with E-state index < -0.39 is 0 Å². The quantitative estimate of drug-likeness (QED) is 0.796. The summed E-state index contributed by atoms with van der Waals surface area (Å²) in [4.78, 5) is 0.618. The molecule has 1 aromatic heterocycles. The number of methoxy groups -OCH3 is 1. The molecule has 2 atom stereocenters. The van der Waals surface area contributed by atoms with Crippen molar-refractivity contribution < 1.29 is 4.74 Å². The van der Waals surface area contributed by atoms with Crippen LogP contribution < -0.4 is 4.74 Å². The summed E-state index contributed by atoms with van der Waals surface area (Å²) in [5.41, 5.74) is 1.44. The van der Waals surface area contributed by atoms with Gasteiger partial charge in [-0.15, -0.1) is 0 Å². The molecule has 0 N–H and O–H groups in total. The molecule has 1 fully saturated rings. The van der Waals surface area contributed by atoms with Crippen LogP contribution >= 0.6 is 15.9 Å². The molecular formula is C13H21BrN2O. The van der Waals surface area contributed by atoms with Crippen LogP contribution in [0.25, 0.3) is 0 Å². The van der Waals surface area contributed by atoms with E-state index in [0.717, 1.165) is 12.2 Å². The number of rotatable bonds is 3. The first kappa shape index (κ1) is 12.9. The lowest BCUT2D eigenvalue weighted by Gasteiger charge is -2.27. The molecule has 4 heteroatoms. The number of ether oxygens (including phenoxy) is 1. The van der Waals surface area contributed by atoms with Crippen LogP contribution in [0.1, 0.15) is 51.8 Å². The minimum absolute atomic E-state index is 0.181. The van der Waals surface area contributed by atoms with Crippen LogP contribution in [0.2, 0.25) is 0 Å². The van der Waals surface area contributed by atoms with Gasteiger partial charge in [0.25, 0.3) is 0 Å². The molecule has 0 bridgehead atoms. The van der Waals surface area contributed by atoms with Crippen LogP contribution in [0.5, 0.6) is 5.75 Å². The zero-order valence-corrected chi connectivity index (χ0v) is 12.6. The van der Waals surface area contributed by atoms with Crippen LogP contribution in [0, 0.1) is 0 Å². The van der Waals surface area contributed by atoms with Crippen molar-refractivity contribution >= 4 is 15.9 Å². The van der Waals surface area contributed by atoms with E-state index in [9.17, 15) is 0 Å². The second-order valence-corrected chi connectivity index (χ2v) is 6.80. The SMILES string of the molecule is COc1cnn(C(C)C)c1C1(C)CCC(Br)C1. The lowest BCUT2D eigenvalue weighted by atomic mass is 9.84. The average molecular weight is 301 g/mol. The Kier molecular flexibility index (Phi) is 3.53. The summed E-state index contributed by atoms with van der Waals surface area (Å²) in [6.45, 7) is 6.66. The van der Waals surface area contributed by atoms with Crippen molar-refractivity contribution in [2.45, 2.75) is 56.3 Å². The van der Waals surface area contributed by atoms with Crippen LogP contribution in [0.15, 0.2) is 6.20 Å². The lowest BCUT2D eigenvalue weighted by molar-refractivity contribution is 0.361. The predicted molar refractivity (Wildman–Crippen MR) is 73.1 cm³/mol. The van der Waals surface area contributed by atoms with E-state index in [0.29, 0.717) is 10.9 Å². The van der Waals surface area contributed by atoms with Crippen LogP contribution in [-0.4, -0.2) is 21.7 Å². The van der Waals surface area contributed by atoms with E-state index in [4.69, 9.17) is 4.74 Å². The highest BCUT2D eigenvalue weighted by Crippen LogP contribution is 2.47. The maximum atomic E-state index is 5.49. The lowest BCUT2D eigenvalue weighted by Crippen LogP contribution is -2.24. The summed E-state index contributed by atoms with van der Waals surface area (Å²) >= 11 is 3.74. The number of alkyl halides is 1. The molecule has 96 valence electrons. The molecule has 1 aliphatic carbocycles. The monoisotopic (exact) mass is 300 g/mol. The third-order valence-corrected chi connectivity index (χ3v) is 4.51. The third-order valence-electron chi connectivity index (χ3n) is 3.72. The topological polar surface area (TPSA) is 27.1 Å². The highest BCUT2D eigenvalue weighted by molar-refractivity contribution is 9.09. The Morgan fingerprint density at radius 2 is 2.29 bits per heavy atom. The standard InChI is InChI=1S/C13H21BrN2O/c1-9(2)16-12(11(17-4)8-15-16)13(3)6-5-10(14)7-13/h8-10H,5-7H2,1-4H3. The predicted octanol–water partition coefficient (Wildman–Crippen LogP) is 3.68. The fraction of sp³-hybridized carbons (Fsp3) is 0.769. The van der Waals surface area contributed by atoms with Crippen LogP contribution in [-0.2, 0) is 5.41 Å². The molecule has 1 saturated carbocycles. The summed E-state index contributed by atoms with van der Waals surface area (Å²) in [5.74, 6) is 0.933. The average Bonchev–Trinajstić information content (AvgIpc) is 2.82. The van der Waals surface area contributed by atoms with E-state index in [1.807, 2.05) is 6.20 Å². The maximum Gasteiger partial charge on any atom is 0.160 e. The Labute approximate surface area is 112 Å². The number of aromatic nitrogens is 2. The molecule has 3 nitrogen and oxygen atoms in total. The summed E-state index contributed by atoms with van der Waals surface area (Å²) < 4.78 is 7.61. The van der Waals surface area contributed by atoms with Crippen molar-refractivity contribution in [3.8, 4) is 5.75 Å². The highest BCUT2D eigenvalue weighted by atomic mass is 79.9. The number of hydrogen-bond acceptors (Lipinski definition) is 2. The number of halogens is 1. The molecule has 1 aliphatic rings. The van der Waals surface area contributed by atoms with E-state index in [2.05, 4.69) is 46.5 Å². The summed E-state index contributed by atoms with van der Waals surface area (Å²) in [7, 11) is 1.73. The number of hydrogen-bond donors (Lipinski definition) is 0. The molecule has 17 heavy (non-hydrogen) atoms. The van der Waals surface area contributed by atoms with Gasteiger partial charge in [-0.1, -0.05) is 22.9 Å². The summed E-state index contributed by atoms with van der Waals surface area (Å²) in [6.07, 6.45) is 5.42. The molecule has 0 aliphatic heterocycles. The summed E-state index contributed by atoms with van der Waals surface area (Å²) in [5, 5.41) is 4.48. The van der Waals surface area contributed by atoms with Gasteiger partial charge in [0.05, 0.1) is 19.0 Å². The van der Waals surface area contributed by atoms with Gasteiger partial charge in [0, 0.05) is 16.3 Å². The van der Waals surface area contributed by atoms with Crippen molar-refractivity contribution in [1.82, 2.24) is 9.78 Å². The van der Waals surface area contributed by atoms with Crippen molar-refractivity contribution in [3.63, 3.8) is 0 Å². The smallest absolute Gasteiger partial charge is 0.160 e. The largest absolute Gasteiger partial charge is 0.493 e. The normalized spacial score (nSPS) is 28.9. The first-order chi connectivity index (χ1) is 7.98. The molecule has 1 heterocycles. The molecule has 0 radical (unpaired) electrons. The third kappa shape index (κ3) is 2.24. The van der Waals surface area contributed by atoms with Crippen LogP contribution in [0.3, 0.4) is 0 Å². The molecule has 2 unspecified atom stereocenters. The first-order valence-corrected chi connectivity index (χ1v) is 7.15. The fourth-order valence-electron chi connectivity index (χ4n) is 2.84. The first-order valence-electron chi connectivity index (χ1n) is 6.24. The molecule has 0 spiro atoms. The fourth-order valence-corrected chi connectivity index (χ4v) is 3.79. The Balaban J connectivity index is 2.45. The van der Waals surface area contributed by atoms with E-state index in [1.165, 1.54) is 18.5 Å². The van der Waals surface area contributed by atoms with E-state index in [1.54, 1.807) is 7.11 Å². The Morgan fingerprint density at radius 3 is 2.76 bits per heavy atom. The molecule has 2 rings (SSSR count). The molecule has 0 saturated heterocycles. The van der Waals surface area contributed by atoms with Crippen LogP contribution in [0.4, 0.5) is 0 Å². The number of nitrogens with zero attached hydrogens (tertiary/aromatic N) is 2. The Hall–Kier alpha value is -0.510. The van der Waals surface area contributed by atoms with Gasteiger partial charge in [0.1, 0.15) is 0 Å². The van der Waals surface area contributed by atoms with E-state index >= 15 is 0 Å². The highest BCUT2D eigenvalue weighted by Gasteiger charge is 2.40. The molecule has 0 aromatic carbocycles. The zero-order chi connectivity index (χ0) is 12.6. The van der Waals surface area contributed by atoms with Gasteiger partial charge in [-0.2, -0.15) is 5.10 Å². The zero-order valence-electron chi connectivity index (χ0n) is 11.0. The maximum absolute atomic E-state index is 5.49. The minimum atomic E-state index is 0.181. The van der Waals surface area contributed by atoms with Gasteiger partial charge in [-0.25, -0.2) is 0 Å². The molecule has 1 aromatic rings. The molecular weight excluding hydrogens is 280 g/mol. The van der Waals surface area contributed by atoms with Gasteiger partial charge in [-0.3, -0.25) is 4.68 Å². The van der Waals surface area contributed by atoms with Crippen molar-refractivity contribution in [2.24, 2.45) is 0 Å². The van der Waals surface area contributed by atoms with Gasteiger partial charge >= 0.3 is 0 Å². The molecule has 0 amide bonds. The Bertz CT molecular complexity index is 402. The van der Waals surface area contributed by atoms with Gasteiger partial charge in [0.15, 0.2) is 5.75 Å². The summed E-state index contributed by atoms with van der Waals surface area (Å²) in [6, 6.07) is 0.375. The second kappa shape index (κ2) is 4.63. The van der Waals surface area contributed by atoms with Gasteiger partial charge < -0.3 is 4.74 Å². The Morgan fingerprint density at radius 1 is 1.59 bits per heavy atom. The van der Waals surface area contributed by atoms with Gasteiger partial charge in [0.2, 0.25) is 0 Å². The van der Waals surface area contributed by atoms with Crippen molar-refractivity contribution in [3.05, 3.63) is 11.9 Å². The van der Waals surface area contributed by atoms with Gasteiger partial charge in [-0.05, 0) is 33.1 Å². The van der Waals surface area contributed by atoms with Crippen molar-refractivity contribution in [1.29, 1.82) is 0 Å². The van der Waals surface area contributed by atoms with Crippen molar-refractivity contribution in [2.75, 3.05) is 7.11 Å². The minimum Gasteiger partial charge on any atom is -0.493 e.